The van der Waals surface area contributed by atoms with Gasteiger partial charge in [-0.05, 0) is 77.2 Å². The highest BCUT2D eigenvalue weighted by atomic mass is 16.5. The van der Waals surface area contributed by atoms with Crippen LogP contribution in [-0.4, -0.2) is 36.6 Å². The van der Waals surface area contributed by atoms with Crippen LogP contribution in [0.4, 0.5) is 0 Å². The quantitative estimate of drug-likeness (QED) is 0.254. The highest BCUT2D eigenvalue weighted by molar-refractivity contribution is 5.75. The van der Waals surface area contributed by atoms with Crippen LogP contribution in [0.1, 0.15) is 69.9 Å². The number of hydrogen-bond acceptors (Lipinski definition) is 4. The van der Waals surface area contributed by atoms with Crippen molar-refractivity contribution in [1.29, 1.82) is 0 Å². The molecule has 29 heavy (non-hydrogen) atoms. The van der Waals surface area contributed by atoms with Crippen LogP contribution in [0.5, 0.6) is 11.5 Å². The summed E-state index contributed by atoms with van der Waals surface area (Å²) in [6.45, 7) is 10.7. The fourth-order valence-corrected chi connectivity index (χ4v) is 4.13. The molecule has 1 aromatic carbocycles. The number of aryl methyl sites for hydroxylation is 1. The Kier molecular flexibility index (Phi) is 8.51. The zero-order valence-electron chi connectivity index (χ0n) is 18.8. The third-order valence-corrected chi connectivity index (χ3v) is 5.63. The first-order valence-electron chi connectivity index (χ1n) is 10.8. The van der Waals surface area contributed by atoms with E-state index in [4.69, 9.17) is 4.74 Å². The SMILES string of the molecule is C=C(C)[C@@H]1CCC(C)=C[C@H]1c1c(O)cc(CCCCC)cc1OC(=O)CN(C)C. The Balaban J connectivity index is 2.48. The number of allylic oxidation sites excluding steroid dienone is 3. The smallest absolute Gasteiger partial charge is 0.325 e. The Hall–Kier alpha value is -2.07. The number of benzene rings is 1. The fourth-order valence-electron chi connectivity index (χ4n) is 4.13. The van der Waals surface area contributed by atoms with Crippen LogP contribution in [0.25, 0.3) is 0 Å². The van der Waals surface area contributed by atoms with Gasteiger partial charge in [0.15, 0.2) is 0 Å². The summed E-state index contributed by atoms with van der Waals surface area (Å²) < 4.78 is 5.80. The van der Waals surface area contributed by atoms with Crippen molar-refractivity contribution in [2.75, 3.05) is 20.6 Å². The number of phenols is 1. The van der Waals surface area contributed by atoms with Crippen LogP contribution in [0, 0.1) is 5.92 Å². The molecule has 0 aromatic heterocycles. The maximum Gasteiger partial charge on any atom is 0.325 e. The number of nitrogens with zero attached hydrogens (tertiary/aromatic N) is 1. The maximum absolute atomic E-state index is 12.4. The number of unbranched alkanes of at least 4 members (excludes halogenated alkanes) is 2. The molecule has 1 aliphatic carbocycles. The Morgan fingerprint density at radius 3 is 2.66 bits per heavy atom. The first-order valence-corrected chi connectivity index (χ1v) is 10.8. The van der Waals surface area contributed by atoms with Crippen molar-refractivity contribution in [2.45, 2.75) is 65.2 Å². The van der Waals surface area contributed by atoms with E-state index in [9.17, 15) is 9.90 Å². The molecule has 160 valence electrons. The van der Waals surface area contributed by atoms with Crippen LogP contribution < -0.4 is 4.74 Å². The largest absolute Gasteiger partial charge is 0.507 e. The second kappa shape index (κ2) is 10.6. The van der Waals surface area contributed by atoms with Gasteiger partial charge in [0.05, 0.1) is 6.54 Å². The summed E-state index contributed by atoms with van der Waals surface area (Å²) in [6, 6.07) is 3.80. The van der Waals surface area contributed by atoms with Crippen LogP contribution in [0.15, 0.2) is 35.9 Å². The van der Waals surface area contributed by atoms with Gasteiger partial charge in [-0.3, -0.25) is 9.69 Å². The van der Waals surface area contributed by atoms with Crippen LogP contribution >= 0.6 is 0 Å². The number of likely N-dealkylation sites (N-methyl/N-ethyl adjacent to an activating group) is 1. The highest BCUT2D eigenvalue weighted by Gasteiger charge is 2.31. The molecule has 2 atom stereocenters. The number of rotatable bonds is 9. The van der Waals surface area contributed by atoms with Crippen LogP contribution in [0.2, 0.25) is 0 Å². The highest BCUT2D eigenvalue weighted by Crippen LogP contribution is 2.47. The third-order valence-electron chi connectivity index (χ3n) is 5.63. The summed E-state index contributed by atoms with van der Waals surface area (Å²) in [7, 11) is 3.68. The summed E-state index contributed by atoms with van der Waals surface area (Å²) in [5.41, 5.74) is 4.11. The molecule has 0 radical (unpaired) electrons. The van der Waals surface area contributed by atoms with Crippen molar-refractivity contribution in [3.63, 3.8) is 0 Å². The molecule has 0 saturated carbocycles. The normalized spacial score (nSPS) is 19.2. The first-order chi connectivity index (χ1) is 13.7. The number of esters is 1. The molecule has 0 unspecified atom stereocenters. The molecule has 4 heteroatoms. The van der Waals surface area contributed by atoms with E-state index >= 15 is 0 Å². The summed E-state index contributed by atoms with van der Waals surface area (Å²) >= 11 is 0. The number of phenolic OH excluding ortho intramolecular Hbond substituents is 1. The predicted octanol–water partition coefficient (Wildman–Crippen LogP) is 5.61. The van der Waals surface area contributed by atoms with E-state index in [1.54, 1.807) is 4.90 Å². The lowest BCUT2D eigenvalue weighted by atomic mass is 9.73. The molecule has 0 spiro atoms. The minimum atomic E-state index is -0.315. The standard InChI is InChI=1S/C25H37NO3/c1-7-8-9-10-19-14-22(27)25(23(15-19)29-24(28)16-26(5)6)21-13-18(4)11-12-20(21)17(2)3/h13-15,20-21,27H,2,7-12,16H2,1,3-6H3/t20-,21+/m0/s1. The van der Waals surface area contributed by atoms with E-state index in [-0.39, 0.29) is 30.1 Å². The maximum atomic E-state index is 12.4. The van der Waals surface area contributed by atoms with Crippen molar-refractivity contribution < 1.29 is 14.6 Å². The number of ether oxygens (including phenoxy) is 1. The van der Waals surface area contributed by atoms with Gasteiger partial charge in [0.1, 0.15) is 11.5 Å². The van der Waals surface area contributed by atoms with E-state index in [0.29, 0.717) is 11.3 Å². The summed E-state index contributed by atoms with van der Waals surface area (Å²) in [5, 5.41) is 11.0. The molecule has 0 saturated heterocycles. The summed E-state index contributed by atoms with van der Waals surface area (Å²) in [4.78, 5) is 14.2. The lowest BCUT2D eigenvalue weighted by Crippen LogP contribution is -2.26. The average molecular weight is 400 g/mol. The number of aromatic hydroxyl groups is 1. The molecular formula is C25H37NO3. The Morgan fingerprint density at radius 2 is 2.03 bits per heavy atom. The van der Waals surface area contributed by atoms with Crippen molar-refractivity contribution in [3.8, 4) is 11.5 Å². The van der Waals surface area contributed by atoms with Crippen LogP contribution in [-0.2, 0) is 11.2 Å². The Bertz CT molecular complexity index is 764. The number of hydrogen-bond donors (Lipinski definition) is 1. The molecule has 0 heterocycles. The summed E-state index contributed by atoms with van der Waals surface area (Å²) in [5.74, 6) is 0.582. The zero-order valence-corrected chi connectivity index (χ0v) is 18.8. The van der Waals surface area contributed by atoms with Crippen molar-refractivity contribution in [2.24, 2.45) is 5.92 Å². The Labute approximate surface area is 176 Å². The molecule has 4 nitrogen and oxygen atoms in total. The monoisotopic (exact) mass is 399 g/mol. The van der Waals surface area contributed by atoms with Gasteiger partial charge < -0.3 is 9.84 Å². The van der Waals surface area contributed by atoms with Crippen molar-refractivity contribution in [3.05, 3.63) is 47.1 Å². The number of carbonyl (C=O) groups excluding carboxylic acids is 1. The molecule has 1 N–H and O–H groups in total. The molecule has 1 aliphatic rings. The first kappa shape index (κ1) is 23.2. The Morgan fingerprint density at radius 1 is 1.31 bits per heavy atom. The zero-order chi connectivity index (χ0) is 21.6. The predicted molar refractivity (Wildman–Crippen MR) is 120 cm³/mol. The minimum absolute atomic E-state index is 0.0342. The second-order valence-corrected chi connectivity index (χ2v) is 8.73. The van der Waals surface area contributed by atoms with Crippen molar-refractivity contribution in [1.82, 2.24) is 4.90 Å². The second-order valence-electron chi connectivity index (χ2n) is 8.73. The molecular weight excluding hydrogens is 362 g/mol. The van der Waals surface area contributed by atoms with Gasteiger partial charge in [-0.2, -0.15) is 0 Å². The van der Waals surface area contributed by atoms with Gasteiger partial charge in [0.25, 0.3) is 0 Å². The average Bonchev–Trinajstić information content (AvgIpc) is 2.60. The molecule has 0 bridgehead atoms. The number of carbonyl (C=O) groups is 1. The minimum Gasteiger partial charge on any atom is -0.507 e. The lowest BCUT2D eigenvalue weighted by Gasteiger charge is -2.32. The van der Waals surface area contributed by atoms with E-state index in [1.807, 2.05) is 33.2 Å². The molecule has 0 aliphatic heterocycles. The van der Waals surface area contributed by atoms with Gasteiger partial charge in [0.2, 0.25) is 0 Å². The lowest BCUT2D eigenvalue weighted by molar-refractivity contribution is -0.135. The van der Waals surface area contributed by atoms with E-state index in [1.165, 1.54) is 5.57 Å². The van der Waals surface area contributed by atoms with Crippen molar-refractivity contribution >= 4 is 5.97 Å². The van der Waals surface area contributed by atoms with Gasteiger partial charge in [-0.25, -0.2) is 0 Å². The topological polar surface area (TPSA) is 49.8 Å². The molecule has 0 fully saturated rings. The van der Waals surface area contributed by atoms with E-state index < -0.39 is 0 Å². The molecule has 0 amide bonds. The summed E-state index contributed by atoms with van der Waals surface area (Å²) in [6.07, 6.45) is 8.42. The third kappa shape index (κ3) is 6.46. The van der Waals surface area contributed by atoms with E-state index in [2.05, 4.69) is 26.5 Å². The molecule has 1 aromatic rings. The fraction of sp³-hybridized carbons (Fsp3) is 0.560. The van der Waals surface area contributed by atoms with E-state index in [0.717, 1.165) is 49.7 Å². The van der Waals surface area contributed by atoms with Gasteiger partial charge in [-0.1, -0.05) is 43.6 Å². The molecule has 2 rings (SSSR count). The van der Waals surface area contributed by atoms with Gasteiger partial charge >= 0.3 is 5.97 Å². The van der Waals surface area contributed by atoms with Gasteiger partial charge in [0, 0.05) is 11.5 Å². The van der Waals surface area contributed by atoms with Gasteiger partial charge in [-0.15, -0.1) is 0 Å². The van der Waals surface area contributed by atoms with Crippen LogP contribution in [0.3, 0.4) is 0 Å².